The normalized spacial score (nSPS) is 30.2. The molecule has 1 heterocycles. The highest BCUT2D eigenvalue weighted by molar-refractivity contribution is 5.78. The van der Waals surface area contributed by atoms with Gasteiger partial charge in [0.25, 0.3) is 0 Å². The van der Waals surface area contributed by atoms with E-state index in [0.29, 0.717) is 12.5 Å². The van der Waals surface area contributed by atoms with Gasteiger partial charge < -0.3 is 15.3 Å². The van der Waals surface area contributed by atoms with Crippen LogP contribution in [0.5, 0.6) is 0 Å². The minimum atomic E-state index is -0.800. The summed E-state index contributed by atoms with van der Waals surface area (Å²) in [6, 6.07) is 0.588. The molecule has 0 aromatic heterocycles. The first-order chi connectivity index (χ1) is 7.39. The highest BCUT2D eigenvalue weighted by Crippen LogP contribution is 2.23. The quantitative estimate of drug-likeness (QED) is 0.741. The van der Waals surface area contributed by atoms with E-state index >= 15 is 0 Å². The Balaban J connectivity index is 2.47. The third-order valence-corrected chi connectivity index (χ3v) is 3.84. The number of nitrogens with zero attached hydrogens (tertiary/aromatic N) is 1. The molecule has 1 aliphatic rings. The molecule has 94 valence electrons. The van der Waals surface area contributed by atoms with Crippen LogP contribution in [0.2, 0.25) is 0 Å². The number of carboxylic acid groups (broad SMARTS) is 1. The van der Waals surface area contributed by atoms with Crippen LogP contribution >= 0.6 is 0 Å². The zero-order valence-electron chi connectivity index (χ0n) is 10.8. The van der Waals surface area contributed by atoms with Gasteiger partial charge in [0.1, 0.15) is 5.54 Å². The molecule has 0 amide bonds. The fraction of sp³-hybridized carbons (Fsp3) is 0.917. The van der Waals surface area contributed by atoms with E-state index in [1.165, 1.54) is 6.42 Å². The molecule has 3 atom stereocenters. The summed E-state index contributed by atoms with van der Waals surface area (Å²) >= 11 is 0. The maximum Gasteiger partial charge on any atom is 0.323 e. The number of hydrogen-bond donors (Lipinski definition) is 2. The molecule has 2 N–H and O–H groups in total. The summed E-state index contributed by atoms with van der Waals surface area (Å²) in [7, 11) is 1.71. The summed E-state index contributed by atoms with van der Waals surface area (Å²) in [5, 5.41) is 12.0. The first-order valence-electron chi connectivity index (χ1n) is 6.05. The first-order valence-corrected chi connectivity index (χ1v) is 6.05. The number of carbonyl (C=O) groups is 1. The summed E-state index contributed by atoms with van der Waals surface area (Å²) in [5.41, 5.74) is -0.800. The summed E-state index contributed by atoms with van der Waals surface area (Å²) in [4.78, 5) is 13.5. The molecule has 0 radical (unpaired) electrons. The number of carboxylic acids is 1. The molecule has 4 nitrogen and oxygen atoms in total. The molecule has 4 heteroatoms. The van der Waals surface area contributed by atoms with Crippen LogP contribution in [0.1, 0.15) is 33.6 Å². The molecule has 3 unspecified atom stereocenters. The van der Waals surface area contributed by atoms with Gasteiger partial charge in [0, 0.05) is 19.1 Å². The van der Waals surface area contributed by atoms with Gasteiger partial charge in [-0.2, -0.15) is 0 Å². The molecule has 0 aromatic rings. The second kappa shape index (κ2) is 5.15. The van der Waals surface area contributed by atoms with E-state index in [9.17, 15) is 4.79 Å². The van der Waals surface area contributed by atoms with Gasteiger partial charge in [-0.15, -0.1) is 0 Å². The molecule has 0 saturated carbocycles. The van der Waals surface area contributed by atoms with Crippen molar-refractivity contribution in [3.8, 4) is 0 Å². The van der Waals surface area contributed by atoms with Crippen molar-refractivity contribution in [3.05, 3.63) is 0 Å². The average Bonchev–Trinajstić information content (AvgIpc) is 2.53. The lowest BCUT2D eigenvalue weighted by Crippen LogP contribution is -2.49. The minimum absolute atomic E-state index is 0.588. The second-order valence-electron chi connectivity index (χ2n) is 5.32. The van der Waals surface area contributed by atoms with Crippen LogP contribution in [0.15, 0.2) is 0 Å². The number of likely N-dealkylation sites (tertiary alicyclic amines) is 1. The predicted molar refractivity (Wildman–Crippen MR) is 64.5 cm³/mol. The summed E-state index contributed by atoms with van der Waals surface area (Å²) in [5.74, 6) is -0.0319. The predicted octanol–water partition coefficient (Wildman–Crippen LogP) is 1.17. The van der Waals surface area contributed by atoms with E-state index in [-0.39, 0.29) is 0 Å². The largest absolute Gasteiger partial charge is 0.480 e. The number of rotatable bonds is 5. The van der Waals surface area contributed by atoms with Crippen molar-refractivity contribution in [2.45, 2.75) is 45.2 Å². The maximum atomic E-state index is 11.1. The lowest BCUT2D eigenvalue weighted by molar-refractivity contribution is -0.144. The van der Waals surface area contributed by atoms with Crippen molar-refractivity contribution in [2.75, 3.05) is 20.1 Å². The molecule has 16 heavy (non-hydrogen) atoms. The molecular weight excluding hydrogens is 204 g/mol. The molecule has 0 aromatic carbocycles. The van der Waals surface area contributed by atoms with E-state index in [4.69, 9.17) is 5.11 Å². The van der Waals surface area contributed by atoms with Gasteiger partial charge in [0.2, 0.25) is 0 Å². The Morgan fingerprint density at radius 1 is 1.56 bits per heavy atom. The lowest BCUT2D eigenvalue weighted by atomic mass is 9.98. The van der Waals surface area contributed by atoms with Crippen LogP contribution in [0.25, 0.3) is 0 Å². The Labute approximate surface area is 98.0 Å². The topological polar surface area (TPSA) is 52.6 Å². The zero-order chi connectivity index (χ0) is 12.3. The highest BCUT2D eigenvalue weighted by atomic mass is 16.4. The molecule has 1 fully saturated rings. The van der Waals surface area contributed by atoms with Crippen LogP contribution < -0.4 is 5.32 Å². The molecule has 0 bridgehead atoms. The van der Waals surface area contributed by atoms with Crippen molar-refractivity contribution in [2.24, 2.45) is 5.92 Å². The van der Waals surface area contributed by atoms with E-state index in [0.717, 1.165) is 19.0 Å². The van der Waals surface area contributed by atoms with Crippen LogP contribution in [0, 0.1) is 5.92 Å². The van der Waals surface area contributed by atoms with Gasteiger partial charge >= 0.3 is 5.97 Å². The SMILES string of the molecule is CNC(C)(CCN1CC(C)CC1C)C(=O)O. The standard InChI is InChI=1S/C12H24N2O2/c1-9-7-10(2)14(8-9)6-5-12(3,13-4)11(15)16/h9-10,13H,5-8H2,1-4H3,(H,15,16). The van der Waals surface area contributed by atoms with Gasteiger partial charge in [0.15, 0.2) is 0 Å². The third kappa shape index (κ3) is 2.95. The summed E-state index contributed by atoms with van der Waals surface area (Å²) in [6.45, 7) is 8.18. The number of nitrogens with one attached hydrogen (secondary N) is 1. The third-order valence-electron chi connectivity index (χ3n) is 3.84. The van der Waals surface area contributed by atoms with Crippen LogP contribution in [-0.2, 0) is 4.79 Å². The van der Waals surface area contributed by atoms with Gasteiger partial charge in [-0.1, -0.05) is 6.92 Å². The van der Waals surface area contributed by atoms with Gasteiger partial charge in [-0.05, 0) is 39.7 Å². The molecule has 0 aliphatic carbocycles. The fourth-order valence-electron chi connectivity index (χ4n) is 2.40. The molecule has 1 aliphatic heterocycles. The molecule has 1 rings (SSSR count). The second-order valence-corrected chi connectivity index (χ2v) is 5.32. The Morgan fingerprint density at radius 3 is 2.56 bits per heavy atom. The van der Waals surface area contributed by atoms with E-state index < -0.39 is 11.5 Å². The summed E-state index contributed by atoms with van der Waals surface area (Å²) in [6.07, 6.45) is 1.87. The minimum Gasteiger partial charge on any atom is -0.480 e. The lowest BCUT2D eigenvalue weighted by Gasteiger charge is -2.28. The zero-order valence-corrected chi connectivity index (χ0v) is 10.8. The van der Waals surface area contributed by atoms with Crippen LogP contribution in [0.3, 0.4) is 0 Å². The number of hydrogen-bond acceptors (Lipinski definition) is 3. The fourth-order valence-corrected chi connectivity index (χ4v) is 2.40. The van der Waals surface area contributed by atoms with Gasteiger partial charge in [-0.25, -0.2) is 0 Å². The van der Waals surface area contributed by atoms with Crippen molar-refractivity contribution in [1.29, 1.82) is 0 Å². The first kappa shape index (κ1) is 13.5. The highest BCUT2D eigenvalue weighted by Gasteiger charge is 2.33. The molecule has 0 spiro atoms. The maximum absolute atomic E-state index is 11.1. The average molecular weight is 228 g/mol. The van der Waals surface area contributed by atoms with Gasteiger partial charge in [0.05, 0.1) is 0 Å². The Morgan fingerprint density at radius 2 is 2.19 bits per heavy atom. The van der Waals surface area contributed by atoms with E-state index in [1.807, 2.05) is 0 Å². The van der Waals surface area contributed by atoms with Crippen molar-refractivity contribution >= 4 is 5.97 Å². The number of aliphatic carboxylic acids is 1. The molecule has 1 saturated heterocycles. The smallest absolute Gasteiger partial charge is 0.323 e. The Hall–Kier alpha value is -0.610. The van der Waals surface area contributed by atoms with E-state index in [2.05, 4.69) is 24.1 Å². The van der Waals surface area contributed by atoms with Crippen molar-refractivity contribution in [1.82, 2.24) is 10.2 Å². The van der Waals surface area contributed by atoms with Crippen molar-refractivity contribution < 1.29 is 9.90 Å². The Bertz CT molecular complexity index is 257. The van der Waals surface area contributed by atoms with Crippen LogP contribution in [0.4, 0.5) is 0 Å². The van der Waals surface area contributed by atoms with Crippen molar-refractivity contribution in [3.63, 3.8) is 0 Å². The van der Waals surface area contributed by atoms with Crippen LogP contribution in [-0.4, -0.2) is 47.7 Å². The summed E-state index contributed by atoms with van der Waals surface area (Å²) < 4.78 is 0. The van der Waals surface area contributed by atoms with Gasteiger partial charge in [-0.3, -0.25) is 4.79 Å². The van der Waals surface area contributed by atoms with E-state index in [1.54, 1.807) is 14.0 Å². The Kier molecular flexibility index (Phi) is 4.33. The monoisotopic (exact) mass is 228 g/mol. The number of likely N-dealkylation sites (N-methyl/N-ethyl adjacent to an activating group) is 1. The molecular formula is C12H24N2O2.